The molecule has 154 valence electrons. The number of ether oxygens (including phenoxy) is 1. The fourth-order valence-corrected chi connectivity index (χ4v) is 3.80. The van der Waals surface area contributed by atoms with Crippen molar-refractivity contribution >= 4 is 27.7 Å². The number of para-hydroxylation sites is 2. The van der Waals surface area contributed by atoms with Gasteiger partial charge in [0, 0.05) is 31.8 Å². The number of fused-ring (bicyclic) bond motifs is 2. The molecular formula is C25H27N3O2. The lowest BCUT2D eigenvalue weighted by Gasteiger charge is -2.12. The van der Waals surface area contributed by atoms with Crippen molar-refractivity contribution in [3.8, 4) is 5.75 Å². The van der Waals surface area contributed by atoms with Crippen molar-refractivity contribution < 1.29 is 9.53 Å². The average Bonchev–Trinajstić information content (AvgIpc) is 3.11. The third kappa shape index (κ3) is 4.62. The van der Waals surface area contributed by atoms with E-state index in [2.05, 4.69) is 40.2 Å². The minimum Gasteiger partial charge on any atom is -0.493 e. The lowest BCUT2D eigenvalue weighted by Crippen LogP contribution is -2.21. The molecule has 0 atom stereocenters. The highest BCUT2D eigenvalue weighted by Gasteiger charge is 2.10. The maximum atomic E-state index is 11.1. The predicted octanol–water partition coefficient (Wildman–Crippen LogP) is 4.73. The van der Waals surface area contributed by atoms with Crippen molar-refractivity contribution in [2.45, 2.75) is 32.7 Å². The van der Waals surface area contributed by atoms with Crippen LogP contribution in [0.15, 0.2) is 66.7 Å². The van der Waals surface area contributed by atoms with Crippen LogP contribution in [-0.2, 0) is 17.8 Å². The molecule has 0 aliphatic carbocycles. The normalized spacial score (nSPS) is 11.1. The van der Waals surface area contributed by atoms with Gasteiger partial charge < -0.3 is 14.6 Å². The Morgan fingerprint density at radius 2 is 1.80 bits per heavy atom. The van der Waals surface area contributed by atoms with E-state index in [1.807, 2.05) is 36.4 Å². The minimum absolute atomic E-state index is 0.00841. The van der Waals surface area contributed by atoms with Crippen LogP contribution in [0.25, 0.3) is 21.8 Å². The molecule has 1 amide bonds. The highest BCUT2D eigenvalue weighted by molar-refractivity contribution is 5.88. The second-order valence-electron chi connectivity index (χ2n) is 7.43. The number of hydrogen-bond acceptors (Lipinski definition) is 3. The molecule has 5 nitrogen and oxygen atoms in total. The molecule has 5 heteroatoms. The smallest absolute Gasteiger partial charge is 0.216 e. The predicted molar refractivity (Wildman–Crippen MR) is 121 cm³/mol. The molecule has 4 aromatic rings. The topological polar surface area (TPSA) is 56.2 Å². The largest absolute Gasteiger partial charge is 0.493 e. The van der Waals surface area contributed by atoms with E-state index in [1.165, 1.54) is 5.39 Å². The van der Waals surface area contributed by atoms with Gasteiger partial charge in [-0.1, -0.05) is 48.5 Å². The zero-order valence-corrected chi connectivity index (χ0v) is 17.3. The van der Waals surface area contributed by atoms with Crippen LogP contribution in [0.4, 0.5) is 0 Å². The number of carbonyl (C=O) groups excluding carboxylic acids is 1. The molecule has 1 N–H and O–H groups in total. The molecule has 0 aliphatic heterocycles. The molecule has 0 spiro atoms. The minimum atomic E-state index is 0.00841. The fraction of sp³-hybridized carbons (Fsp3) is 0.280. The summed E-state index contributed by atoms with van der Waals surface area (Å²) in [5.41, 5.74) is 2.17. The molecule has 0 aliphatic rings. The van der Waals surface area contributed by atoms with Crippen molar-refractivity contribution in [3.05, 3.63) is 72.6 Å². The lowest BCUT2D eigenvalue weighted by molar-refractivity contribution is -0.118. The first-order chi connectivity index (χ1) is 14.7. The van der Waals surface area contributed by atoms with Gasteiger partial charge in [0.1, 0.15) is 11.6 Å². The summed E-state index contributed by atoms with van der Waals surface area (Å²) < 4.78 is 8.40. The van der Waals surface area contributed by atoms with Crippen LogP contribution in [0.2, 0.25) is 0 Å². The number of benzene rings is 3. The quantitative estimate of drug-likeness (QED) is 0.413. The number of rotatable bonds is 9. The Kier molecular flexibility index (Phi) is 6.28. The van der Waals surface area contributed by atoms with Gasteiger partial charge in [0.25, 0.3) is 0 Å². The van der Waals surface area contributed by atoms with Gasteiger partial charge in [-0.05, 0) is 36.4 Å². The lowest BCUT2D eigenvalue weighted by atomic mass is 10.1. The first-order valence-corrected chi connectivity index (χ1v) is 10.5. The van der Waals surface area contributed by atoms with E-state index >= 15 is 0 Å². The number of nitrogens with one attached hydrogen (secondary N) is 1. The molecule has 0 radical (unpaired) electrons. The maximum absolute atomic E-state index is 11.1. The van der Waals surface area contributed by atoms with Gasteiger partial charge in [-0.3, -0.25) is 4.79 Å². The Morgan fingerprint density at radius 1 is 1.00 bits per heavy atom. The molecule has 0 unspecified atom stereocenters. The monoisotopic (exact) mass is 401 g/mol. The SMILES string of the molecule is CC(=O)NCCCc1nc2ccccc2n1CCCOc1cccc2ccccc12. The number of carbonyl (C=O) groups is 1. The molecule has 0 bridgehead atoms. The van der Waals surface area contributed by atoms with Gasteiger partial charge in [0.15, 0.2) is 0 Å². The summed E-state index contributed by atoms with van der Waals surface area (Å²) in [7, 11) is 0. The van der Waals surface area contributed by atoms with Crippen LogP contribution >= 0.6 is 0 Å². The van der Waals surface area contributed by atoms with E-state index in [0.717, 1.165) is 53.8 Å². The Labute approximate surface area is 176 Å². The summed E-state index contributed by atoms with van der Waals surface area (Å²) in [5, 5.41) is 5.19. The van der Waals surface area contributed by atoms with Gasteiger partial charge in [0.2, 0.25) is 5.91 Å². The molecule has 30 heavy (non-hydrogen) atoms. The number of hydrogen-bond donors (Lipinski definition) is 1. The van der Waals surface area contributed by atoms with Crippen LogP contribution in [0, 0.1) is 0 Å². The van der Waals surface area contributed by atoms with E-state index in [9.17, 15) is 4.79 Å². The number of aryl methyl sites for hydroxylation is 2. The third-order valence-corrected chi connectivity index (χ3v) is 5.22. The molecule has 3 aromatic carbocycles. The van der Waals surface area contributed by atoms with Gasteiger partial charge >= 0.3 is 0 Å². The van der Waals surface area contributed by atoms with Gasteiger partial charge in [-0.2, -0.15) is 0 Å². The van der Waals surface area contributed by atoms with E-state index < -0.39 is 0 Å². The van der Waals surface area contributed by atoms with Crippen LogP contribution in [0.3, 0.4) is 0 Å². The second kappa shape index (κ2) is 9.44. The molecule has 0 saturated carbocycles. The Hall–Kier alpha value is -3.34. The molecule has 1 aromatic heterocycles. The molecule has 4 rings (SSSR count). The van der Waals surface area contributed by atoms with Crippen molar-refractivity contribution in [1.29, 1.82) is 0 Å². The summed E-state index contributed by atoms with van der Waals surface area (Å²) in [6.45, 7) is 3.71. The maximum Gasteiger partial charge on any atom is 0.216 e. The highest BCUT2D eigenvalue weighted by Crippen LogP contribution is 2.25. The Balaban J connectivity index is 1.41. The van der Waals surface area contributed by atoms with Crippen molar-refractivity contribution in [1.82, 2.24) is 14.9 Å². The van der Waals surface area contributed by atoms with Crippen molar-refractivity contribution in [2.75, 3.05) is 13.2 Å². The zero-order chi connectivity index (χ0) is 20.8. The standard InChI is InChI=1S/C25H27N3O2/c1-19(29)26-16-7-15-25-27-22-12-4-5-13-23(22)28(25)17-8-18-30-24-14-6-10-20-9-2-3-11-21(20)24/h2-6,9-14H,7-8,15-18H2,1H3,(H,26,29). The number of amides is 1. The molecule has 0 fully saturated rings. The highest BCUT2D eigenvalue weighted by atomic mass is 16.5. The van der Waals surface area contributed by atoms with E-state index in [1.54, 1.807) is 6.92 Å². The van der Waals surface area contributed by atoms with Crippen LogP contribution in [0.5, 0.6) is 5.75 Å². The van der Waals surface area contributed by atoms with Crippen LogP contribution < -0.4 is 10.1 Å². The van der Waals surface area contributed by atoms with E-state index in [-0.39, 0.29) is 5.91 Å². The van der Waals surface area contributed by atoms with Crippen LogP contribution in [0.1, 0.15) is 25.6 Å². The number of imidazole rings is 1. The second-order valence-corrected chi connectivity index (χ2v) is 7.43. The average molecular weight is 402 g/mol. The third-order valence-electron chi connectivity index (χ3n) is 5.22. The zero-order valence-electron chi connectivity index (χ0n) is 17.3. The van der Waals surface area contributed by atoms with Crippen molar-refractivity contribution in [2.24, 2.45) is 0 Å². The summed E-state index contributed by atoms with van der Waals surface area (Å²) in [4.78, 5) is 15.9. The first-order valence-electron chi connectivity index (χ1n) is 10.5. The summed E-state index contributed by atoms with van der Waals surface area (Å²) in [5.74, 6) is 2.00. The van der Waals surface area contributed by atoms with Crippen LogP contribution in [-0.4, -0.2) is 28.6 Å². The van der Waals surface area contributed by atoms with E-state index in [0.29, 0.717) is 13.2 Å². The Bertz CT molecular complexity index is 1140. The van der Waals surface area contributed by atoms with Gasteiger partial charge in [-0.15, -0.1) is 0 Å². The van der Waals surface area contributed by atoms with Gasteiger partial charge in [0.05, 0.1) is 17.6 Å². The van der Waals surface area contributed by atoms with Gasteiger partial charge in [-0.25, -0.2) is 4.98 Å². The summed E-state index contributed by atoms with van der Waals surface area (Å²) in [6.07, 6.45) is 2.59. The molecular weight excluding hydrogens is 374 g/mol. The number of nitrogens with zero attached hydrogens (tertiary/aromatic N) is 2. The number of aromatic nitrogens is 2. The van der Waals surface area contributed by atoms with E-state index in [4.69, 9.17) is 9.72 Å². The fourth-order valence-electron chi connectivity index (χ4n) is 3.80. The summed E-state index contributed by atoms with van der Waals surface area (Å²) >= 11 is 0. The van der Waals surface area contributed by atoms with Crippen molar-refractivity contribution in [3.63, 3.8) is 0 Å². The molecule has 0 saturated heterocycles. The summed E-state index contributed by atoms with van der Waals surface area (Å²) in [6, 6.07) is 22.7. The Morgan fingerprint density at radius 3 is 2.70 bits per heavy atom. The molecule has 1 heterocycles. The first kappa shape index (κ1) is 20.0.